The zero-order chi connectivity index (χ0) is 12.5. The zero-order valence-electron chi connectivity index (χ0n) is 10.3. The molecular weight excluding hydrogens is 304 g/mol. The number of nitrogens with one attached hydrogen (secondary N) is 1. The van der Waals surface area contributed by atoms with Crippen molar-refractivity contribution in [1.82, 2.24) is 9.03 Å². The summed E-state index contributed by atoms with van der Waals surface area (Å²) in [5.74, 6) is 0.478. The monoisotopic (exact) mass is 324 g/mol. The van der Waals surface area contributed by atoms with Crippen molar-refractivity contribution in [3.05, 3.63) is 0 Å². The van der Waals surface area contributed by atoms with Crippen LogP contribution < -0.4 is 4.72 Å². The molecule has 0 bridgehead atoms. The van der Waals surface area contributed by atoms with E-state index in [1.54, 1.807) is 4.31 Å². The number of halogens is 1. The van der Waals surface area contributed by atoms with Gasteiger partial charge >= 0.3 is 0 Å². The van der Waals surface area contributed by atoms with Crippen LogP contribution in [0.15, 0.2) is 0 Å². The van der Waals surface area contributed by atoms with Gasteiger partial charge in [0.2, 0.25) is 0 Å². The van der Waals surface area contributed by atoms with Crippen molar-refractivity contribution < 1.29 is 8.42 Å². The van der Waals surface area contributed by atoms with Gasteiger partial charge in [0.15, 0.2) is 0 Å². The Hall–Kier alpha value is 0.350. The van der Waals surface area contributed by atoms with Gasteiger partial charge in [0.25, 0.3) is 10.2 Å². The van der Waals surface area contributed by atoms with E-state index in [2.05, 4.69) is 27.6 Å². The first kappa shape index (κ1) is 13.8. The molecule has 1 saturated carbocycles. The van der Waals surface area contributed by atoms with Crippen LogP contribution in [-0.4, -0.2) is 37.7 Å². The van der Waals surface area contributed by atoms with Gasteiger partial charge in [-0.3, -0.25) is 0 Å². The van der Waals surface area contributed by atoms with Crippen LogP contribution >= 0.6 is 15.9 Å². The fourth-order valence-corrected chi connectivity index (χ4v) is 4.48. The minimum Gasteiger partial charge on any atom is -0.202 e. The molecule has 0 radical (unpaired) electrons. The van der Waals surface area contributed by atoms with Crippen molar-refractivity contribution in [2.24, 2.45) is 11.3 Å². The van der Waals surface area contributed by atoms with Gasteiger partial charge < -0.3 is 0 Å². The average Bonchev–Trinajstić information content (AvgIpc) is 3.07. The third-order valence-corrected chi connectivity index (χ3v) is 6.54. The first-order chi connectivity index (χ1) is 7.97. The minimum absolute atomic E-state index is 0.189. The summed E-state index contributed by atoms with van der Waals surface area (Å²) in [5.41, 5.74) is 0.189. The molecule has 100 valence electrons. The van der Waals surface area contributed by atoms with E-state index >= 15 is 0 Å². The summed E-state index contributed by atoms with van der Waals surface area (Å²) < 4.78 is 28.6. The number of nitrogens with zero attached hydrogens (tertiary/aromatic N) is 1. The molecule has 4 nitrogen and oxygen atoms in total. The molecule has 2 aliphatic rings. The lowest BCUT2D eigenvalue weighted by atomic mass is 10.0. The fourth-order valence-electron chi connectivity index (χ4n) is 2.23. The van der Waals surface area contributed by atoms with Crippen LogP contribution in [-0.2, 0) is 10.2 Å². The molecule has 0 aromatic heterocycles. The molecule has 2 fully saturated rings. The number of hydrogen-bond donors (Lipinski definition) is 1. The Morgan fingerprint density at radius 1 is 1.47 bits per heavy atom. The maximum Gasteiger partial charge on any atom is 0.279 e. The number of piperidine rings is 1. The Morgan fingerprint density at radius 3 is 2.71 bits per heavy atom. The molecule has 6 heteroatoms. The molecule has 1 unspecified atom stereocenters. The van der Waals surface area contributed by atoms with Gasteiger partial charge in [0.1, 0.15) is 0 Å². The van der Waals surface area contributed by atoms with Gasteiger partial charge in [-0.2, -0.15) is 12.7 Å². The SMILES string of the molecule is CC1CCCN(S(=O)(=O)NCC2(CBr)CC2)C1. The van der Waals surface area contributed by atoms with Crippen molar-refractivity contribution >= 4 is 26.1 Å². The molecule has 2 rings (SSSR count). The third kappa shape index (κ3) is 3.43. The van der Waals surface area contributed by atoms with Crippen LogP contribution in [0.5, 0.6) is 0 Å². The molecule has 0 aromatic rings. The van der Waals surface area contributed by atoms with Crippen molar-refractivity contribution in [3.8, 4) is 0 Å². The molecule has 1 atom stereocenters. The molecule has 1 saturated heterocycles. The summed E-state index contributed by atoms with van der Waals surface area (Å²) in [5, 5.41) is 0.888. The quantitative estimate of drug-likeness (QED) is 0.783. The molecule has 1 aliphatic heterocycles. The summed E-state index contributed by atoms with van der Waals surface area (Å²) in [4.78, 5) is 0. The third-order valence-electron chi connectivity index (χ3n) is 3.83. The lowest BCUT2D eigenvalue weighted by Gasteiger charge is -2.30. The Balaban J connectivity index is 1.89. The highest BCUT2D eigenvalue weighted by atomic mass is 79.9. The smallest absolute Gasteiger partial charge is 0.202 e. The maximum absolute atomic E-state index is 12.1. The second-order valence-corrected chi connectivity index (χ2v) is 7.88. The zero-order valence-corrected chi connectivity index (χ0v) is 12.7. The van der Waals surface area contributed by atoms with Gasteiger partial charge in [0, 0.05) is 25.0 Å². The molecule has 1 aliphatic carbocycles. The highest BCUT2D eigenvalue weighted by Gasteiger charge is 2.42. The topological polar surface area (TPSA) is 49.4 Å². The van der Waals surface area contributed by atoms with Crippen molar-refractivity contribution in [2.75, 3.05) is 25.0 Å². The molecule has 0 amide bonds. The minimum atomic E-state index is -3.26. The first-order valence-corrected chi connectivity index (χ1v) is 8.84. The predicted molar refractivity (Wildman–Crippen MR) is 72.4 cm³/mol. The van der Waals surface area contributed by atoms with E-state index in [0.717, 1.165) is 31.0 Å². The number of hydrogen-bond acceptors (Lipinski definition) is 2. The van der Waals surface area contributed by atoms with Crippen LogP contribution in [0, 0.1) is 11.3 Å². The van der Waals surface area contributed by atoms with Crippen molar-refractivity contribution in [1.29, 1.82) is 0 Å². The Kier molecular flexibility index (Phi) is 4.17. The standard InChI is InChI=1S/C11H21BrN2O2S/c1-10-3-2-6-14(7-10)17(15,16)13-9-11(8-12)4-5-11/h10,13H,2-9H2,1H3. The summed E-state index contributed by atoms with van der Waals surface area (Å²) in [7, 11) is -3.26. The van der Waals surface area contributed by atoms with E-state index < -0.39 is 10.2 Å². The molecular formula is C11H21BrN2O2S. The van der Waals surface area contributed by atoms with E-state index in [-0.39, 0.29) is 5.41 Å². The van der Waals surface area contributed by atoms with Crippen LogP contribution in [0.1, 0.15) is 32.6 Å². The molecule has 0 spiro atoms. The second kappa shape index (κ2) is 5.15. The van der Waals surface area contributed by atoms with E-state index in [0.29, 0.717) is 25.6 Å². The first-order valence-electron chi connectivity index (χ1n) is 6.28. The van der Waals surface area contributed by atoms with Gasteiger partial charge in [0.05, 0.1) is 0 Å². The molecule has 0 aromatic carbocycles. The highest BCUT2D eigenvalue weighted by molar-refractivity contribution is 9.09. The summed E-state index contributed by atoms with van der Waals surface area (Å²) in [6.45, 7) is 4.02. The maximum atomic E-state index is 12.1. The van der Waals surface area contributed by atoms with Crippen molar-refractivity contribution in [2.45, 2.75) is 32.6 Å². The Morgan fingerprint density at radius 2 is 2.18 bits per heavy atom. The van der Waals surface area contributed by atoms with E-state index in [4.69, 9.17) is 0 Å². The lowest BCUT2D eigenvalue weighted by Crippen LogP contribution is -2.47. The van der Waals surface area contributed by atoms with Gasteiger partial charge in [-0.05, 0) is 37.0 Å². The normalized spacial score (nSPS) is 29.2. The molecule has 1 N–H and O–H groups in total. The average molecular weight is 325 g/mol. The van der Waals surface area contributed by atoms with Gasteiger partial charge in [-0.25, -0.2) is 4.72 Å². The van der Waals surface area contributed by atoms with Crippen LogP contribution in [0.3, 0.4) is 0 Å². The van der Waals surface area contributed by atoms with E-state index in [1.807, 2.05) is 0 Å². The fraction of sp³-hybridized carbons (Fsp3) is 1.00. The highest BCUT2D eigenvalue weighted by Crippen LogP contribution is 2.46. The number of alkyl halides is 1. The second-order valence-electron chi connectivity index (χ2n) is 5.57. The largest absolute Gasteiger partial charge is 0.279 e. The van der Waals surface area contributed by atoms with E-state index in [9.17, 15) is 8.42 Å². The van der Waals surface area contributed by atoms with Crippen LogP contribution in [0.2, 0.25) is 0 Å². The molecule has 1 heterocycles. The van der Waals surface area contributed by atoms with Crippen LogP contribution in [0.25, 0.3) is 0 Å². The van der Waals surface area contributed by atoms with Crippen molar-refractivity contribution in [3.63, 3.8) is 0 Å². The molecule has 17 heavy (non-hydrogen) atoms. The van der Waals surface area contributed by atoms with Gasteiger partial charge in [-0.1, -0.05) is 22.9 Å². The summed E-state index contributed by atoms with van der Waals surface area (Å²) in [6, 6.07) is 0. The summed E-state index contributed by atoms with van der Waals surface area (Å²) >= 11 is 3.46. The summed E-state index contributed by atoms with van der Waals surface area (Å²) in [6.07, 6.45) is 4.36. The van der Waals surface area contributed by atoms with Crippen LogP contribution in [0.4, 0.5) is 0 Å². The number of rotatable bonds is 5. The van der Waals surface area contributed by atoms with E-state index in [1.165, 1.54) is 0 Å². The Labute approximate surface area is 112 Å². The predicted octanol–water partition coefficient (Wildman–Crippen LogP) is 1.73. The Bertz CT molecular complexity index is 368. The van der Waals surface area contributed by atoms with Gasteiger partial charge in [-0.15, -0.1) is 0 Å². The lowest BCUT2D eigenvalue weighted by molar-refractivity contribution is 0.277.